The number of hydrogen-bond donors (Lipinski definition) is 1. The Balaban J connectivity index is 0.00000161. The fraction of sp³-hybridized carbons (Fsp3) is 0.267. The summed E-state index contributed by atoms with van der Waals surface area (Å²) < 4.78 is 0. The molecule has 1 aliphatic rings. The van der Waals surface area contributed by atoms with Gasteiger partial charge in [0.1, 0.15) is 4.88 Å². The van der Waals surface area contributed by atoms with E-state index in [2.05, 4.69) is 0 Å². The molecular formula is C15H16Cl2N2OS. The molecule has 0 bridgehead atoms. The molecule has 0 fully saturated rings. The van der Waals surface area contributed by atoms with E-state index in [4.69, 9.17) is 17.3 Å². The molecule has 0 spiro atoms. The van der Waals surface area contributed by atoms with E-state index in [-0.39, 0.29) is 18.3 Å². The summed E-state index contributed by atoms with van der Waals surface area (Å²) in [6.45, 7) is 2.63. The monoisotopic (exact) mass is 342 g/mol. The summed E-state index contributed by atoms with van der Waals surface area (Å²) in [5, 5.41) is 2.48. The molecule has 3 rings (SSSR count). The van der Waals surface area contributed by atoms with E-state index in [1.54, 1.807) is 4.90 Å². The predicted molar refractivity (Wildman–Crippen MR) is 92.2 cm³/mol. The van der Waals surface area contributed by atoms with Crippen molar-refractivity contribution in [2.24, 2.45) is 0 Å². The first-order valence-corrected chi connectivity index (χ1v) is 7.78. The second-order valence-electron chi connectivity index (χ2n) is 4.97. The van der Waals surface area contributed by atoms with E-state index in [0.29, 0.717) is 16.4 Å². The van der Waals surface area contributed by atoms with Crippen molar-refractivity contribution in [3.8, 4) is 0 Å². The maximum atomic E-state index is 12.7. The Bertz CT molecular complexity index is 684. The van der Waals surface area contributed by atoms with Gasteiger partial charge in [-0.05, 0) is 48.4 Å². The van der Waals surface area contributed by atoms with Crippen molar-refractivity contribution in [2.45, 2.75) is 19.8 Å². The Morgan fingerprint density at radius 3 is 2.86 bits per heavy atom. The van der Waals surface area contributed by atoms with Gasteiger partial charge in [-0.15, -0.1) is 23.7 Å². The number of halogens is 2. The number of anilines is 2. The van der Waals surface area contributed by atoms with Crippen molar-refractivity contribution in [2.75, 3.05) is 17.2 Å². The average molecular weight is 343 g/mol. The highest BCUT2D eigenvalue weighted by Gasteiger charge is 2.27. The minimum absolute atomic E-state index is 0. The van der Waals surface area contributed by atoms with Gasteiger partial charge in [-0.3, -0.25) is 4.79 Å². The van der Waals surface area contributed by atoms with Crippen LogP contribution in [0, 0.1) is 6.92 Å². The van der Waals surface area contributed by atoms with E-state index < -0.39 is 0 Å². The Hall–Kier alpha value is -1.23. The lowest BCUT2D eigenvalue weighted by Crippen LogP contribution is -2.35. The molecule has 2 heterocycles. The van der Waals surface area contributed by atoms with Crippen LogP contribution in [0.15, 0.2) is 23.6 Å². The highest BCUT2D eigenvalue weighted by atomic mass is 35.5. The smallest absolute Gasteiger partial charge is 0.269 e. The lowest BCUT2D eigenvalue weighted by molar-refractivity contribution is 0.0989. The summed E-state index contributed by atoms with van der Waals surface area (Å²) in [4.78, 5) is 15.1. The normalized spacial score (nSPS) is 13.5. The minimum Gasteiger partial charge on any atom is -0.398 e. The number of carbonyl (C=O) groups is 1. The number of nitrogens with zero attached hydrogens (tertiary/aromatic N) is 1. The van der Waals surface area contributed by atoms with Crippen molar-refractivity contribution >= 4 is 52.6 Å². The molecule has 21 heavy (non-hydrogen) atoms. The Morgan fingerprint density at radius 1 is 1.43 bits per heavy atom. The van der Waals surface area contributed by atoms with Gasteiger partial charge in [-0.2, -0.15) is 0 Å². The van der Waals surface area contributed by atoms with Gasteiger partial charge in [-0.25, -0.2) is 0 Å². The second kappa shape index (κ2) is 6.26. The van der Waals surface area contributed by atoms with E-state index in [1.807, 2.05) is 30.5 Å². The van der Waals surface area contributed by atoms with Gasteiger partial charge in [0.15, 0.2) is 0 Å². The molecule has 3 nitrogen and oxygen atoms in total. The zero-order valence-corrected chi connectivity index (χ0v) is 13.9. The number of thiophene rings is 1. The van der Waals surface area contributed by atoms with Gasteiger partial charge in [0.25, 0.3) is 5.91 Å². The first kappa shape index (κ1) is 16.1. The van der Waals surface area contributed by atoms with Crippen LogP contribution in [0.1, 0.15) is 27.2 Å². The van der Waals surface area contributed by atoms with Crippen LogP contribution in [-0.4, -0.2) is 12.5 Å². The first-order valence-electron chi connectivity index (χ1n) is 6.52. The van der Waals surface area contributed by atoms with Gasteiger partial charge in [-0.1, -0.05) is 17.7 Å². The summed E-state index contributed by atoms with van der Waals surface area (Å²) in [6, 6.07) is 5.73. The average Bonchev–Trinajstić information content (AvgIpc) is 2.78. The first-order chi connectivity index (χ1) is 9.59. The summed E-state index contributed by atoms with van der Waals surface area (Å²) in [5.41, 5.74) is 9.71. The molecule has 2 aromatic rings. The number of nitrogens with two attached hydrogens (primary N) is 1. The number of rotatable bonds is 1. The van der Waals surface area contributed by atoms with Gasteiger partial charge >= 0.3 is 0 Å². The number of nitrogen functional groups attached to an aromatic ring is 1. The number of aryl methyl sites for hydroxylation is 1. The number of carbonyl (C=O) groups excluding carboxylic acids is 1. The molecule has 1 aromatic heterocycles. The molecule has 1 aliphatic heterocycles. The molecule has 0 aliphatic carbocycles. The van der Waals surface area contributed by atoms with Crippen molar-refractivity contribution < 1.29 is 4.79 Å². The molecule has 0 saturated carbocycles. The van der Waals surface area contributed by atoms with Crippen LogP contribution < -0.4 is 10.6 Å². The summed E-state index contributed by atoms with van der Waals surface area (Å²) >= 11 is 7.62. The van der Waals surface area contributed by atoms with Crippen LogP contribution in [0.3, 0.4) is 0 Å². The van der Waals surface area contributed by atoms with Gasteiger partial charge in [0.05, 0.1) is 5.02 Å². The molecule has 1 amide bonds. The third kappa shape index (κ3) is 2.76. The Morgan fingerprint density at radius 2 is 2.19 bits per heavy atom. The van der Waals surface area contributed by atoms with Gasteiger partial charge < -0.3 is 10.6 Å². The zero-order valence-electron chi connectivity index (χ0n) is 11.6. The largest absolute Gasteiger partial charge is 0.398 e. The lowest BCUT2D eigenvalue weighted by Gasteiger charge is -2.30. The number of amides is 1. The SMILES string of the molecule is Cc1csc(C(=O)N2CCCc3c(N)cccc32)c1Cl.Cl. The van der Waals surface area contributed by atoms with Crippen LogP contribution in [0.5, 0.6) is 0 Å². The molecule has 0 atom stereocenters. The van der Waals surface area contributed by atoms with Gasteiger partial charge in [0, 0.05) is 17.9 Å². The molecule has 2 N–H and O–H groups in total. The van der Waals surface area contributed by atoms with Crippen molar-refractivity contribution in [1.29, 1.82) is 0 Å². The van der Waals surface area contributed by atoms with Crippen LogP contribution in [-0.2, 0) is 6.42 Å². The van der Waals surface area contributed by atoms with Crippen molar-refractivity contribution in [1.82, 2.24) is 0 Å². The van der Waals surface area contributed by atoms with Crippen LogP contribution >= 0.6 is 35.3 Å². The van der Waals surface area contributed by atoms with Crippen molar-refractivity contribution in [3.63, 3.8) is 0 Å². The predicted octanol–water partition coefficient (Wildman–Crippen LogP) is 4.31. The quantitative estimate of drug-likeness (QED) is 0.785. The van der Waals surface area contributed by atoms with E-state index >= 15 is 0 Å². The Labute approximate surface area is 139 Å². The Kier molecular flexibility index (Phi) is 4.81. The van der Waals surface area contributed by atoms with Crippen LogP contribution in [0.4, 0.5) is 11.4 Å². The molecule has 0 saturated heterocycles. The number of hydrogen-bond acceptors (Lipinski definition) is 3. The maximum Gasteiger partial charge on any atom is 0.269 e. The molecule has 6 heteroatoms. The third-order valence-corrected chi connectivity index (χ3v) is 5.31. The highest BCUT2D eigenvalue weighted by molar-refractivity contribution is 7.13. The minimum atomic E-state index is -0.0281. The molecule has 0 radical (unpaired) electrons. The second-order valence-corrected chi connectivity index (χ2v) is 6.22. The highest BCUT2D eigenvalue weighted by Crippen LogP contribution is 2.35. The number of benzene rings is 1. The van der Waals surface area contributed by atoms with E-state index in [1.165, 1.54) is 11.3 Å². The fourth-order valence-corrected chi connectivity index (χ4v) is 3.78. The van der Waals surface area contributed by atoms with Gasteiger partial charge in [0.2, 0.25) is 0 Å². The fourth-order valence-electron chi connectivity index (χ4n) is 2.56. The zero-order chi connectivity index (χ0) is 14.3. The van der Waals surface area contributed by atoms with Crippen molar-refractivity contribution in [3.05, 3.63) is 44.6 Å². The molecular weight excluding hydrogens is 327 g/mol. The number of fused-ring (bicyclic) bond motifs is 1. The molecule has 1 aromatic carbocycles. The van der Waals surface area contributed by atoms with E-state index in [0.717, 1.165) is 35.3 Å². The summed E-state index contributed by atoms with van der Waals surface area (Å²) in [6.07, 6.45) is 1.85. The van der Waals surface area contributed by atoms with Crippen LogP contribution in [0.25, 0.3) is 0 Å². The summed E-state index contributed by atoms with van der Waals surface area (Å²) in [5.74, 6) is -0.0281. The molecule has 0 unspecified atom stereocenters. The third-order valence-electron chi connectivity index (χ3n) is 3.63. The summed E-state index contributed by atoms with van der Waals surface area (Å²) in [7, 11) is 0. The van der Waals surface area contributed by atoms with Crippen LogP contribution in [0.2, 0.25) is 5.02 Å². The van der Waals surface area contributed by atoms with E-state index in [9.17, 15) is 4.79 Å². The topological polar surface area (TPSA) is 46.3 Å². The molecule has 112 valence electrons. The standard InChI is InChI=1S/C15H15ClN2OS.ClH/c1-9-8-20-14(13(9)16)15(19)18-7-3-4-10-11(17)5-2-6-12(10)18;/h2,5-6,8H,3-4,7,17H2,1H3;1H. The maximum absolute atomic E-state index is 12.7. The lowest BCUT2D eigenvalue weighted by atomic mass is 9.99.